The molecule has 0 fully saturated rings. The molecule has 0 aromatic heterocycles. The van der Waals surface area contributed by atoms with Gasteiger partial charge < -0.3 is 31.7 Å². The highest BCUT2D eigenvalue weighted by Crippen LogP contribution is 2.15. The second-order valence-electron chi connectivity index (χ2n) is 5.56. The third-order valence-corrected chi connectivity index (χ3v) is 3.28. The van der Waals surface area contributed by atoms with Crippen LogP contribution >= 0.6 is 0 Å². The van der Waals surface area contributed by atoms with E-state index in [-0.39, 0.29) is 29.2 Å². The standard InChI is InChI=1S/C14H32NO2.BrH/c1-5-7-9-15(10-8-6-2,11-13(3)16)12-14(4)17;/h13-14,16-17H,5-12H2,1-4H3;1H/q+1;/p-1. The van der Waals surface area contributed by atoms with Crippen molar-refractivity contribution in [3.8, 4) is 0 Å². The number of hydrogen-bond acceptors (Lipinski definition) is 2. The first-order chi connectivity index (χ1) is 7.95. The molecule has 112 valence electrons. The molecule has 0 aliphatic rings. The van der Waals surface area contributed by atoms with Crippen LogP contribution in [0.25, 0.3) is 0 Å². The zero-order chi connectivity index (χ0) is 13.3. The van der Waals surface area contributed by atoms with Gasteiger partial charge in [-0.05, 0) is 26.7 Å². The van der Waals surface area contributed by atoms with Crippen molar-refractivity contribution in [1.29, 1.82) is 0 Å². The molecule has 3 nitrogen and oxygen atoms in total. The topological polar surface area (TPSA) is 40.5 Å². The number of unbranched alkanes of at least 4 members (excludes halogenated alkanes) is 2. The summed E-state index contributed by atoms with van der Waals surface area (Å²) >= 11 is 0. The quantitative estimate of drug-likeness (QED) is 0.515. The van der Waals surface area contributed by atoms with Gasteiger partial charge in [0.1, 0.15) is 25.3 Å². The summed E-state index contributed by atoms with van der Waals surface area (Å²) in [4.78, 5) is 0. The molecule has 0 aliphatic heterocycles. The Hall–Kier alpha value is 0.360. The molecule has 0 heterocycles. The third-order valence-electron chi connectivity index (χ3n) is 3.28. The number of aliphatic hydroxyl groups is 2. The van der Waals surface area contributed by atoms with Crippen molar-refractivity contribution in [2.45, 2.75) is 65.6 Å². The fourth-order valence-corrected chi connectivity index (χ4v) is 2.66. The maximum Gasteiger partial charge on any atom is 0.105 e. The minimum Gasteiger partial charge on any atom is -1.00 e. The fourth-order valence-electron chi connectivity index (χ4n) is 2.66. The van der Waals surface area contributed by atoms with Gasteiger partial charge in [0.2, 0.25) is 0 Å². The highest BCUT2D eigenvalue weighted by molar-refractivity contribution is 4.55. The van der Waals surface area contributed by atoms with E-state index >= 15 is 0 Å². The van der Waals surface area contributed by atoms with Crippen molar-refractivity contribution in [2.75, 3.05) is 26.2 Å². The molecule has 2 atom stereocenters. The van der Waals surface area contributed by atoms with E-state index in [4.69, 9.17) is 0 Å². The molecule has 0 spiro atoms. The molecule has 0 bridgehead atoms. The average molecular weight is 326 g/mol. The largest absolute Gasteiger partial charge is 1.00 e. The maximum atomic E-state index is 9.70. The summed E-state index contributed by atoms with van der Waals surface area (Å²) in [6.07, 6.45) is 4.11. The van der Waals surface area contributed by atoms with E-state index in [1.807, 2.05) is 13.8 Å². The average Bonchev–Trinajstić information content (AvgIpc) is 2.22. The summed E-state index contributed by atoms with van der Waals surface area (Å²) in [5, 5.41) is 19.4. The molecule has 0 aromatic carbocycles. The summed E-state index contributed by atoms with van der Waals surface area (Å²) < 4.78 is 0.872. The van der Waals surface area contributed by atoms with Crippen LogP contribution in [-0.4, -0.2) is 53.1 Å². The lowest BCUT2D eigenvalue weighted by atomic mass is 10.1. The van der Waals surface area contributed by atoms with Crippen molar-refractivity contribution in [3.05, 3.63) is 0 Å². The fraction of sp³-hybridized carbons (Fsp3) is 1.00. The molecule has 18 heavy (non-hydrogen) atoms. The van der Waals surface area contributed by atoms with E-state index in [0.717, 1.165) is 30.7 Å². The molecular formula is C14H32BrNO2. The van der Waals surface area contributed by atoms with E-state index in [9.17, 15) is 10.2 Å². The molecule has 0 aromatic rings. The molecule has 0 rings (SSSR count). The Bertz CT molecular complexity index is 167. The third kappa shape index (κ3) is 9.31. The van der Waals surface area contributed by atoms with E-state index in [0.29, 0.717) is 0 Å². The second kappa shape index (κ2) is 11.2. The zero-order valence-electron chi connectivity index (χ0n) is 12.5. The van der Waals surface area contributed by atoms with Gasteiger partial charge in [-0.2, -0.15) is 0 Å². The van der Waals surface area contributed by atoms with Crippen LogP contribution in [0.2, 0.25) is 0 Å². The van der Waals surface area contributed by atoms with Crippen molar-refractivity contribution >= 4 is 0 Å². The Morgan fingerprint density at radius 2 is 1.17 bits per heavy atom. The number of quaternary nitrogens is 1. The lowest BCUT2D eigenvalue weighted by molar-refractivity contribution is -0.933. The van der Waals surface area contributed by atoms with E-state index < -0.39 is 0 Å². The van der Waals surface area contributed by atoms with Gasteiger partial charge in [-0.3, -0.25) is 0 Å². The Kier molecular flexibility index (Phi) is 12.9. The Labute approximate surface area is 124 Å². The van der Waals surface area contributed by atoms with Crippen LogP contribution in [0.1, 0.15) is 53.4 Å². The predicted octanol–water partition coefficient (Wildman–Crippen LogP) is -0.831. The lowest BCUT2D eigenvalue weighted by Crippen LogP contribution is -3.00. The summed E-state index contributed by atoms with van der Waals surface area (Å²) in [6.45, 7) is 11.8. The SMILES string of the molecule is CCCC[N+](CCCC)(CC(C)O)CC(C)O.[Br-]. The van der Waals surface area contributed by atoms with E-state index in [1.54, 1.807) is 0 Å². The molecule has 2 unspecified atom stereocenters. The molecule has 0 aliphatic carbocycles. The van der Waals surface area contributed by atoms with Gasteiger partial charge in [0.15, 0.2) is 0 Å². The minimum absolute atomic E-state index is 0. The molecule has 0 amide bonds. The second-order valence-corrected chi connectivity index (χ2v) is 5.56. The van der Waals surface area contributed by atoms with Crippen LogP contribution in [-0.2, 0) is 0 Å². The van der Waals surface area contributed by atoms with Crippen LogP contribution in [0.15, 0.2) is 0 Å². The minimum atomic E-state index is -0.289. The number of halogens is 1. The van der Waals surface area contributed by atoms with Gasteiger partial charge in [-0.15, -0.1) is 0 Å². The Morgan fingerprint density at radius 1 is 0.833 bits per heavy atom. The molecule has 4 heteroatoms. The number of nitrogens with zero attached hydrogens (tertiary/aromatic N) is 1. The number of hydrogen-bond donors (Lipinski definition) is 2. The highest BCUT2D eigenvalue weighted by atomic mass is 79.9. The first-order valence-corrected chi connectivity index (χ1v) is 7.17. The van der Waals surface area contributed by atoms with Crippen molar-refractivity contribution in [2.24, 2.45) is 0 Å². The normalized spacial score (nSPS) is 15.0. The van der Waals surface area contributed by atoms with Crippen LogP contribution in [0.3, 0.4) is 0 Å². The summed E-state index contributed by atoms with van der Waals surface area (Å²) in [5.74, 6) is 0. The lowest BCUT2D eigenvalue weighted by Gasteiger charge is -2.40. The van der Waals surface area contributed by atoms with Crippen LogP contribution < -0.4 is 17.0 Å². The summed E-state index contributed by atoms with van der Waals surface area (Å²) in [5.41, 5.74) is 0. The summed E-state index contributed by atoms with van der Waals surface area (Å²) in [6, 6.07) is 0. The first-order valence-electron chi connectivity index (χ1n) is 7.17. The van der Waals surface area contributed by atoms with Gasteiger partial charge in [-0.1, -0.05) is 26.7 Å². The van der Waals surface area contributed by atoms with Crippen molar-refractivity contribution in [1.82, 2.24) is 0 Å². The number of aliphatic hydroxyl groups excluding tert-OH is 2. The van der Waals surface area contributed by atoms with Crippen molar-refractivity contribution in [3.63, 3.8) is 0 Å². The zero-order valence-corrected chi connectivity index (χ0v) is 14.1. The van der Waals surface area contributed by atoms with Gasteiger partial charge in [0.25, 0.3) is 0 Å². The maximum absolute atomic E-state index is 9.70. The Morgan fingerprint density at radius 3 is 1.39 bits per heavy atom. The van der Waals surface area contributed by atoms with Crippen molar-refractivity contribution < 1.29 is 31.7 Å². The molecule has 0 radical (unpaired) electrons. The first kappa shape index (κ1) is 20.7. The van der Waals surface area contributed by atoms with Crippen LogP contribution in [0.5, 0.6) is 0 Å². The highest BCUT2D eigenvalue weighted by Gasteiger charge is 2.29. The van der Waals surface area contributed by atoms with Gasteiger partial charge >= 0.3 is 0 Å². The van der Waals surface area contributed by atoms with Gasteiger partial charge in [0, 0.05) is 0 Å². The monoisotopic (exact) mass is 325 g/mol. The Balaban J connectivity index is 0. The smallest absolute Gasteiger partial charge is 0.105 e. The predicted molar refractivity (Wildman–Crippen MR) is 72.9 cm³/mol. The van der Waals surface area contributed by atoms with Gasteiger partial charge in [0.05, 0.1) is 13.1 Å². The van der Waals surface area contributed by atoms with E-state index in [2.05, 4.69) is 13.8 Å². The van der Waals surface area contributed by atoms with Gasteiger partial charge in [-0.25, -0.2) is 0 Å². The number of rotatable bonds is 10. The molecular weight excluding hydrogens is 294 g/mol. The van der Waals surface area contributed by atoms with E-state index in [1.165, 1.54) is 25.7 Å². The molecule has 0 saturated carbocycles. The molecule has 0 saturated heterocycles. The molecule has 2 N–H and O–H groups in total. The van der Waals surface area contributed by atoms with Crippen LogP contribution in [0, 0.1) is 0 Å². The summed E-state index contributed by atoms with van der Waals surface area (Å²) in [7, 11) is 0. The van der Waals surface area contributed by atoms with Crippen LogP contribution in [0.4, 0.5) is 0 Å².